The van der Waals surface area contributed by atoms with E-state index in [9.17, 15) is 4.39 Å². The summed E-state index contributed by atoms with van der Waals surface area (Å²) in [5.41, 5.74) is 0.643. The summed E-state index contributed by atoms with van der Waals surface area (Å²) in [6, 6.07) is 5.71. The lowest BCUT2D eigenvalue weighted by atomic mass is 9.85. The number of ether oxygens (including phenoxy) is 1. The Hall–Kier alpha value is -1.09. The summed E-state index contributed by atoms with van der Waals surface area (Å²) in [7, 11) is 0. The molecule has 0 saturated heterocycles. The van der Waals surface area contributed by atoms with E-state index in [1.807, 2.05) is 6.07 Å². The van der Waals surface area contributed by atoms with Gasteiger partial charge in [-0.1, -0.05) is 26.0 Å². The molecule has 0 radical (unpaired) electrons. The molecule has 1 aliphatic carbocycles. The lowest BCUT2D eigenvalue weighted by molar-refractivity contribution is 0.0869. The molecule has 3 unspecified atom stereocenters. The Morgan fingerprint density at radius 2 is 2.15 bits per heavy atom. The van der Waals surface area contributed by atoms with Gasteiger partial charge in [-0.25, -0.2) is 4.39 Å². The smallest absolute Gasteiger partial charge is 0.167 e. The van der Waals surface area contributed by atoms with Gasteiger partial charge >= 0.3 is 0 Å². The van der Waals surface area contributed by atoms with E-state index in [1.54, 1.807) is 19.1 Å². The van der Waals surface area contributed by atoms with Crippen LogP contribution in [0.1, 0.15) is 45.1 Å². The molecule has 1 saturated carbocycles. The molecule has 0 aromatic heterocycles. The number of halogens is 1. The molecule has 20 heavy (non-hydrogen) atoms. The minimum Gasteiger partial charge on any atom is -0.486 e. The predicted octanol–water partition coefficient (Wildman–Crippen LogP) is 4.07. The number of benzene rings is 1. The molecular weight excluding hydrogens is 253 g/mol. The molecule has 0 spiro atoms. The lowest BCUT2D eigenvalue weighted by Crippen LogP contribution is -2.47. The van der Waals surface area contributed by atoms with Crippen LogP contribution >= 0.6 is 0 Å². The standard InChI is InChI=1S/C17H26FNO/c1-4-10-19-14-9-8-12(2)11-16(14)20-15-7-5-6-13(3)17(15)18/h5-7,12,14,16,19H,4,8-11H2,1-3H3. The first-order valence-corrected chi connectivity index (χ1v) is 7.77. The third-order valence-electron chi connectivity index (χ3n) is 4.15. The number of hydrogen-bond acceptors (Lipinski definition) is 2. The van der Waals surface area contributed by atoms with E-state index in [4.69, 9.17) is 4.74 Å². The molecular formula is C17H26FNO. The highest BCUT2D eigenvalue weighted by molar-refractivity contribution is 5.30. The van der Waals surface area contributed by atoms with Gasteiger partial charge in [0.2, 0.25) is 0 Å². The fourth-order valence-corrected chi connectivity index (χ4v) is 2.90. The highest BCUT2D eigenvalue weighted by Gasteiger charge is 2.30. The first-order chi connectivity index (χ1) is 9.61. The third kappa shape index (κ3) is 3.72. The Morgan fingerprint density at radius 1 is 1.35 bits per heavy atom. The van der Waals surface area contributed by atoms with Crippen molar-refractivity contribution in [1.82, 2.24) is 5.32 Å². The SMILES string of the molecule is CCCNC1CCC(C)CC1Oc1cccc(C)c1F. The van der Waals surface area contributed by atoms with Crippen LogP contribution in [0.5, 0.6) is 5.75 Å². The third-order valence-corrected chi connectivity index (χ3v) is 4.15. The molecule has 2 nitrogen and oxygen atoms in total. The molecule has 0 amide bonds. The van der Waals surface area contributed by atoms with Crippen LogP contribution in [0.15, 0.2) is 18.2 Å². The maximum absolute atomic E-state index is 14.1. The van der Waals surface area contributed by atoms with Crippen molar-refractivity contribution >= 4 is 0 Å². The van der Waals surface area contributed by atoms with Gasteiger partial charge in [0, 0.05) is 6.04 Å². The highest BCUT2D eigenvalue weighted by Crippen LogP contribution is 2.29. The summed E-state index contributed by atoms with van der Waals surface area (Å²) >= 11 is 0. The summed E-state index contributed by atoms with van der Waals surface area (Å²) in [6.07, 6.45) is 4.50. The maximum Gasteiger partial charge on any atom is 0.167 e. The molecule has 1 fully saturated rings. The number of hydrogen-bond donors (Lipinski definition) is 1. The topological polar surface area (TPSA) is 21.3 Å². The molecule has 1 N–H and O–H groups in total. The van der Waals surface area contributed by atoms with Crippen LogP contribution in [0, 0.1) is 18.7 Å². The van der Waals surface area contributed by atoms with Gasteiger partial charge in [-0.05, 0) is 56.7 Å². The zero-order valence-corrected chi connectivity index (χ0v) is 12.8. The zero-order valence-electron chi connectivity index (χ0n) is 12.8. The van der Waals surface area contributed by atoms with Crippen molar-refractivity contribution in [2.75, 3.05) is 6.54 Å². The van der Waals surface area contributed by atoms with Crippen molar-refractivity contribution < 1.29 is 9.13 Å². The number of nitrogens with one attached hydrogen (secondary N) is 1. The monoisotopic (exact) mass is 279 g/mol. The summed E-state index contributed by atoms with van der Waals surface area (Å²) in [5, 5.41) is 3.55. The second-order valence-electron chi connectivity index (χ2n) is 6.02. The average Bonchev–Trinajstić information content (AvgIpc) is 2.43. The minimum absolute atomic E-state index is 0.0709. The van der Waals surface area contributed by atoms with E-state index in [1.165, 1.54) is 6.42 Å². The molecule has 112 valence electrons. The van der Waals surface area contributed by atoms with Gasteiger partial charge in [0.1, 0.15) is 6.10 Å². The average molecular weight is 279 g/mol. The van der Waals surface area contributed by atoms with Crippen LogP contribution in [0.4, 0.5) is 4.39 Å². The predicted molar refractivity (Wildman–Crippen MR) is 80.6 cm³/mol. The van der Waals surface area contributed by atoms with E-state index in [-0.39, 0.29) is 11.9 Å². The zero-order chi connectivity index (χ0) is 14.5. The van der Waals surface area contributed by atoms with Gasteiger partial charge in [-0.2, -0.15) is 0 Å². The van der Waals surface area contributed by atoms with Crippen LogP contribution < -0.4 is 10.1 Å². The van der Waals surface area contributed by atoms with Crippen molar-refractivity contribution in [1.29, 1.82) is 0 Å². The second-order valence-corrected chi connectivity index (χ2v) is 6.02. The first-order valence-electron chi connectivity index (χ1n) is 7.77. The molecule has 2 rings (SSSR count). The van der Waals surface area contributed by atoms with Crippen LogP contribution in [0.3, 0.4) is 0 Å². The van der Waals surface area contributed by atoms with Gasteiger partial charge in [0.25, 0.3) is 0 Å². The molecule has 0 heterocycles. The normalized spacial score (nSPS) is 26.5. The van der Waals surface area contributed by atoms with E-state index in [2.05, 4.69) is 19.2 Å². The van der Waals surface area contributed by atoms with E-state index < -0.39 is 0 Å². The summed E-state index contributed by atoms with van der Waals surface area (Å²) < 4.78 is 20.1. The molecule has 0 bridgehead atoms. The van der Waals surface area contributed by atoms with Crippen LogP contribution in [-0.2, 0) is 0 Å². The summed E-state index contributed by atoms with van der Waals surface area (Å²) in [6.45, 7) is 7.18. The van der Waals surface area contributed by atoms with Crippen molar-refractivity contribution in [3.8, 4) is 5.75 Å². The van der Waals surface area contributed by atoms with Gasteiger partial charge < -0.3 is 10.1 Å². The molecule has 1 aromatic carbocycles. The first kappa shape index (κ1) is 15.3. The highest BCUT2D eigenvalue weighted by atomic mass is 19.1. The van der Waals surface area contributed by atoms with Crippen molar-refractivity contribution in [2.45, 2.75) is 58.6 Å². The second kappa shape index (κ2) is 7.07. The molecule has 1 aromatic rings. The lowest BCUT2D eigenvalue weighted by Gasteiger charge is -2.35. The van der Waals surface area contributed by atoms with Gasteiger partial charge in [0.15, 0.2) is 11.6 Å². The molecule has 0 aliphatic heterocycles. The summed E-state index contributed by atoms with van der Waals surface area (Å²) in [5.74, 6) is 0.819. The number of aryl methyl sites for hydroxylation is 1. The van der Waals surface area contributed by atoms with Crippen LogP contribution in [-0.4, -0.2) is 18.7 Å². The van der Waals surface area contributed by atoms with Crippen LogP contribution in [0.2, 0.25) is 0 Å². The van der Waals surface area contributed by atoms with E-state index in [0.717, 1.165) is 25.8 Å². The van der Waals surface area contributed by atoms with E-state index >= 15 is 0 Å². The molecule has 3 atom stereocenters. The Kier molecular flexibility index (Phi) is 5.41. The Morgan fingerprint density at radius 3 is 2.90 bits per heavy atom. The maximum atomic E-state index is 14.1. The largest absolute Gasteiger partial charge is 0.486 e. The summed E-state index contributed by atoms with van der Waals surface area (Å²) in [4.78, 5) is 0. The van der Waals surface area contributed by atoms with Crippen molar-refractivity contribution in [2.24, 2.45) is 5.92 Å². The number of rotatable bonds is 5. The quantitative estimate of drug-likeness (QED) is 0.877. The van der Waals surface area contributed by atoms with Crippen molar-refractivity contribution in [3.63, 3.8) is 0 Å². The van der Waals surface area contributed by atoms with Crippen molar-refractivity contribution in [3.05, 3.63) is 29.6 Å². The van der Waals surface area contributed by atoms with Crippen LogP contribution in [0.25, 0.3) is 0 Å². The van der Waals surface area contributed by atoms with E-state index in [0.29, 0.717) is 23.3 Å². The Labute approximate surface area is 121 Å². The Balaban J connectivity index is 2.08. The Bertz CT molecular complexity index is 433. The van der Waals surface area contributed by atoms with Gasteiger partial charge in [0.05, 0.1) is 0 Å². The fraction of sp³-hybridized carbons (Fsp3) is 0.647. The molecule has 3 heteroatoms. The van der Waals surface area contributed by atoms with Gasteiger partial charge in [-0.15, -0.1) is 0 Å². The minimum atomic E-state index is -0.222. The molecule has 1 aliphatic rings. The van der Waals surface area contributed by atoms with Gasteiger partial charge in [-0.3, -0.25) is 0 Å². The fourth-order valence-electron chi connectivity index (χ4n) is 2.90.